The van der Waals surface area contributed by atoms with Gasteiger partial charge in [0.15, 0.2) is 0 Å². The molecule has 1 aromatic carbocycles. The highest BCUT2D eigenvalue weighted by Gasteiger charge is 2.44. The van der Waals surface area contributed by atoms with Gasteiger partial charge >= 0.3 is 12.1 Å². The minimum atomic E-state index is -4.56. The fourth-order valence-electron chi connectivity index (χ4n) is 3.61. The molecule has 0 bridgehead atoms. The Balaban J connectivity index is 1.74. The summed E-state index contributed by atoms with van der Waals surface area (Å²) in [6, 6.07) is 3.47. The van der Waals surface area contributed by atoms with Crippen molar-refractivity contribution in [2.75, 3.05) is 25.1 Å². The van der Waals surface area contributed by atoms with Gasteiger partial charge in [0.2, 0.25) is 5.91 Å². The van der Waals surface area contributed by atoms with E-state index in [0.29, 0.717) is 25.9 Å². The first-order chi connectivity index (χ1) is 12.7. The van der Waals surface area contributed by atoms with Gasteiger partial charge in [0.1, 0.15) is 0 Å². The van der Waals surface area contributed by atoms with E-state index in [1.54, 1.807) is 0 Å². The predicted molar refractivity (Wildman–Crippen MR) is 88.7 cm³/mol. The summed E-state index contributed by atoms with van der Waals surface area (Å²) in [5.41, 5.74) is -0.991. The second-order valence-electron chi connectivity index (χ2n) is 6.67. The summed E-state index contributed by atoms with van der Waals surface area (Å²) < 4.78 is 43.5. The van der Waals surface area contributed by atoms with Crippen molar-refractivity contribution < 1.29 is 32.3 Å². The summed E-state index contributed by atoms with van der Waals surface area (Å²) in [4.78, 5) is 39.3. The van der Waals surface area contributed by atoms with Crippen molar-refractivity contribution in [1.82, 2.24) is 4.90 Å². The fourth-order valence-corrected chi connectivity index (χ4v) is 3.61. The molecule has 0 radical (unpaired) electrons. The van der Waals surface area contributed by atoms with Crippen molar-refractivity contribution in [2.24, 2.45) is 5.92 Å². The van der Waals surface area contributed by atoms with Gasteiger partial charge in [-0.2, -0.15) is 13.2 Å². The highest BCUT2D eigenvalue weighted by molar-refractivity contribution is 6.22. The predicted octanol–water partition coefficient (Wildman–Crippen LogP) is 2.22. The lowest BCUT2D eigenvalue weighted by Gasteiger charge is -2.33. The molecular formula is C18H19F3N2O4. The summed E-state index contributed by atoms with van der Waals surface area (Å²) in [5.74, 6) is -1.60. The van der Waals surface area contributed by atoms with Gasteiger partial charge < -0.3 is 4.74 Å². The van der Waals surface area contributed by atoms with Crippen LogP contribution in [0.1, 0.15) is 24.8 Å². The van der Waals surface area contributed by atoms with E-state index in [2.05, 4.69) is 0 Å². The summed E-state index contributed by atoms with van der Waals surface area (Å²) in [6.45, 7) is 0.889. The molecule has 3 rings (SSSR count). The quantitative estimate of drug-likeness (QED) is 0.591. The summed E-state index contributed by atoms with van der Waals surface area (Å²) in [6.07, 6.45) is -3.63. The molecule has 2 amide bonds. The molecule has 0 aromatic heterocycles. The Kier molecular flexibility index (Phi) is 5.23. The zero-order valence-corrected chi connectivity index (χ0v) is 14.7. The summed E-state index contributed by atoms with van der Waals surface area (Å²) in [5, 5.41) is 0. The number of esters is 1. The molecule has 0 saturated carbocycles. The number of rotatable bonds is 3. The van der Waals surface area contributed by atoms with Crippen LogP contribution in [0.4, 0.5) is 18.9 Å². The number of anilines is 1. The molecular weight excluding hydrogens is 365 g/mol. The Labute approximate surface area is 153 Å². The monoisotopic (exact) mass is 384 g/mol. The lowest BCUT2D eigenvalue weighted by atomic mass is 9.95. The molecule has 27 heavy (non-hydrogen) atoms. The van der Waals surface area contributed by atoms with E-state index in [1.807, 2.05) is 4.90 Å². The third-order valence-corrected chi connectivity index (χ3v) is 5.06. The van der Waals surface area contributed by atoms with E-state index in [-0.39, 0.29) is 24.0 Å². The number of carbonyl (C=O) groups is 3. The van der Waals surface area contributed by atoms with Crippen LogP contribution in [0.3, 0.4) is 0 Å². The number of halogens is 3. The molecule has 1 atom stereocenters. The normalized spacial score (nSPS) is 22.4. The van der Waals surface area contributed by atoms with Crippen LogP contribution in [0.25, 0.3) is 0 Å². The number of ether oxygens (including phenoxy) is 1. The minimum Gasteiger partial charge on any atom is -0.469 e. The number of methoxy groups -OCH3 is 1. The molecule has 6 nitrogen and oxygen atoms in total. The molecule has 2 aliphatic heterocycles. The standard InChI is InChI=1S/C18H19F3N2O4/c1-27-17(26)11-5-7-22(8-6-11)14-10-15(24)23(16(14)25)13-4-2-3-12(9-13)18(19,20)21/h2-4,9,11,14H,5-8,10H2,1H3/t14-/m0/s1. The van der Waals surface area contributed by atoms with E-state index in [0.717, 1.165) is 17.0 Å². The van der Waals surface area contributed by atoms with E-state index in [9.17, 15) is 27.6 Å². The average molecular weight is 384 g/mol. The van der Waals surface area contributed by atoms with Crippen molar-refractivity contribution in [3.05, 3.63) is 29.8 Å². The summed E-state index contributed by atoms with van der Waals surface area (Å²) >= 11 is 0. The van der Waals surface area contributed by atoms with E-state index < -0.39 is 29.6 Å². The van der Waals surface area contributed by atoms with Gasteiger partial charge in [0.05, 0.1) is 36.7 Å². The maximum atomic E-state index is 12.9. The number of piperidine rings is 1. The maximum Gasteiger partial charge on any atom is 0.416 e. The van der Waals surface area contributed by atoms with Crippen LogP contribution in [0.2, 0.25) is 0 Å². The van der Waals surface area contributed by atoms with E-state index in [1.165, 1.54) is 19.2 Å². The number of nitrogens with zero attached hydrogens (tertiary/aromatic N) is 2. The number of hydrogen-bond donors (Lipinski definition) is 0. The van der Waals surface area contributed by atoms with Gasteiger partial charge in [-0.3, -0.25) is 19.3 Å². The molecule has 0 aliphatic carbocycles. The maximum absolute atomic E-state index is 12.9. The van der Waals surface area contributed by atoms with Crippen molar-refractivity contribution in [3.63, 3.8) is 0 Å². The largest absolute Gasteiger partial charge is 0.469 e. The number of amides is 2. The lowest BCUT2D eigenvalue weighted by Crippen LogP contribution is -2.47. The smallest absolute Gasteiger partial charge is 0.416 e. The fraction of sp³-hybridized carbons (Fsp3) is 0.500. The molecule has 0 unspecified atom stereocenters. The Bertz CT molecular complexity index is 757. The van der Waals surface area contributed by atoms with Crippen LogP contribution in [0, 0.1) is 5.92 Å². The molecule has 2 fully saturated rings. The number of likely N-dealkylation sites (tertiary alicyclic amines) is 1. The van der Waals surface area contributed by atoms with Gasteiger partial charge in [-0.1, -0.05) is 6.07 Å². The Morgan fingerprint density at radius 1 is 1.19 bits per heavy atom. The first-order valence-electron chi connectivity index (χ1n) is 8.58. The van der Waals surface area contributed by atoms with Gasteiger partial charge in [-0.05, 0) is 44.1 Å². The second-order valence-corrected chi connectivity index (χ2v) is 6.67. The van der Waals surface area contributed by atoms with Gasteiger partial charge in [-0.25, -0.2) is 4.90 Å². The SMILES string of the molecule is COC(=O)C1CCN([C@H]2CC(=O)N(c3cccc(C(F)(F)F)c3)C2=O)CC1. The average Bonchev–Trinajstić information content (AvgIpc) is 2.95. The van der Waals surface area contributed by atoms with Crippen LogP contribution < -0.4 is 4.90 Å². The molecule has 9 heteroatoms. The zero-order valence-electron chi connectivity index (χ0n) is 14.7. The molecule has 146 valence electrons. The third kappa shape index (κ3) is 3.83. The third-order valence-electron chi connectivity index (χ3n) is 5.06. The molecule has 2 saturated heterocycles. The molecule has 2 aliphatic rings. The van der Waals surface area contributed by atoms with Crippen molar-refractivity contribution in [3.8, 4) is 0 Å². The number of alkyl halides is 3. The number of imide groups is 1. The lowest BCUT2D eigenvalue weighted by molar-refractivity contribution is -0.147. The highest BCUT2D eigenvalue weighted by atomic mass is 19.4. The Hall–Kier alpha value is -2.42. The topological polar surface area (TPSA) is 66.9 Å². The van der Waals surface area contributed by atoms with Crippen LogP contribution in [0.15, 0.2) is 24.3 Å². The number of carbonyl (C=O) groups excluding carboxylic acids is 3. The molecule has 0 spiro atoms. The van der Waals surface area contributed by atoms with Gasteiger partial charge in [0, 0.05) is 0 Å². The molecule has 0 N–H and O–H groups in total. The molecule has 2 heterocycles. The highest BCUT2D eigenvalue weighted by Crippen LogP contribution is 2.34. The first-order valence-corrected chi connectivity index (χ1v) is 8.58. The Morgan fingerprint density at radius 2 is 1.85 bits per heavy atom. The zero-order chi connectivity index (χ0) is 19.8. The van der Waals surface area contributed by atoms with E-state index >= 15 is 0 Å². The number of hydrogen-bond acceptors (Lipinski definition) is 5. The molecule has 1 aromatic rings. The van der Waals surface area contributed by atoms with Crippen LogP contribution >= 0.6 is 0 Å². The van der Waals surface area contributed by atoms with Gasteiger partial charge in [0.25, 0.3) is 5.91 Å². The summed E-state index contributed by atoms with van der Waals surface area (Å²) in [7, 11) is 1.32. The number of benzene rings is 1. The second kappa shape index (κ2) is 7.30. The first kappa shape index (κ1) is 19.3. The Morgan fingerprint density at radius 3 is 2.44 bits per heavy atom. The van der Waals surface area contributed by atoms with Gasteiger partial charge in [-0.15, -0.1) is 0 Å². The van der Waals surface area contributed by atoms with E-state index in [4.69, 9.17) is 4.74 Å². The van der Waals surface area contributed by atoms with Crippen molar-refractivity contribution in [2.45, 2.75) is 31.5 Å². The van der Waals surface area contributed by atoms with Crippen LogP contribution in [-0.2, 0) is 25.3 Å². The van der Waals surface area contributed by atoms with Crippen molar-refractivity contribution in [1.29, 1.82) is 0 Å². The van der Waals surface area contributed by atoms with Crippen LogP contribution in [0.5, 0.6) is 0 Å². The van der Waals surface area contributed by atoms with Crippen LogP contribution in [-0.4, -0.2) is 48.9 Å². The van der Waals surface area contributed by atoms with Crippen molar-refractivity contribution >= 4 is 23.5 Å². The minimum absolute atomic E-state index is 0.0771.